The number of ketones is 1. The molecule has 0 aromatic heterocycles. The smallest absolute Gasteiger partial charge is 0.476 e. The first-order valence-electron chi connectivity index (χ1n) is 11.2. The Bertz CT molecular complexity index is 969. The predicted octanol–water partition coefficient (Wildman–Crippen LogP) is 6.63. The minimum absolute atomic E-state index is 0.0172. The van der Waals surface area contributed by atoms with Crippen LogP contribution in [0, 0.1) is 5.92 Å². The molecule has 0 aliphatic heterocycles. The van der Waals surface area contributed by atoms with Crippen molar-refractivity contribution in [3.8, 4) is 0 Å². The third-order valence-corrected chi connectivity index (χ3v) is 5.17. The molecule has 0 aromatic rings. The zero-order valence-electron chi connectivity index (χ0n) is 20.8. The van der Waals surface area contributed by atoms with E-state index < -0.39 is 23.5 Å². The first-order chi connectivity index (χ1) is 15.5. The van der Waals surface area contributed by atoms with Crippen LogP contribution < -0.4 is 0 Å². The molecule has 0 aromatic carbocycles. The Balaban J connectivity index is 2.04. The summed E-state index contributed by atoms with van der Waals surface area (Å²) in [6.07, 6.45) is 3.81. The molecule has 0 bridgehead atoms. The van der Waals surface area contributed by atoms with E-state index in [1.165, 1.54) is 18.2 Å². The Morgan fingerprint density at radius 2 is 1.65 bits per heavy atom. The van der Waals surface area contributed by atoms with Crippen LogP contribution in [0.2, 0.25) is 0 Å². The van der Waals surface area contributed by atoms with Gasteiger partial charge in [0.2, 0.25) is 0 Å². The molecule has 0 saturated heterocycles. The van der Waals surface area contributed by atoms with Crippen LogP contribution in [0.4, 0.5) is 13.2 Å². The van der Waals surface area contributed by atoms with E-state index in [4.69, 9.17) is 9.47 Å². The fraction of sp³-hybridized carbons (Fsp3) is 0.538. The second-order valence-corrected chi connectivity index (χ2v) is 10.0. The molecule has 8 heteroatoms. The van der Waals surface area contributed by atoms with Gasteiger partial charge in [-0.25, -0.2) is 4.79 Å². The van der Waals surface area contributed by atoms with E-state index in [0.717, 1.165) is 11.1 Å². The molecule has 188 valence electrons. The lowest BCUT2D eigenvalue weighted by Crippen LogP contribution is -2.41. The molecule has 34 heavy (non-hydrogen) atoms. The Morgan fingerprint density at radius 1 is 1.00 bits per heavy atom. The van der Waals surface area contributed by atoms with Gasteiger partial charge >= 0.3 is 12.3 Å². The first-order valence-corrected chi connectivity index (χ1v) is 11.2. The Hall–Kier alpha value is -2.77. The minimum Gasteiger partial charge on any atom is -0.476 e. The van der Waals surface area contributed by atoms with Crippen molar-refractivity contribution in [2.75, 3.05) is 0 Å². The highest BCUT2D eigenvalue weighted by Crippen LogP contribution is 2.34. The van der Waals surface area contributed by atoms with E-state index >= 15 is 0 Å². The number of carbonyl (C=O) groups excluding carboxylic acids is 2. The number of rotatable bonds is 7. The predicted molar refractivity (Wildman–Crippen MR) is 122 cm³/mol. The van der Waals surface area contributed by atoms with Crippen LogP contribution in [0.15, 0.2) is 58.6 Å². The molecule has 5 nitrogen and oxygen atoms in total. The molecule has 0 saturated carbocycles. The molecule has 0 amide bonds. The number of esters is 1. The first kappa shape index (κ1) is 27.5. The molecule has 0 radical (unpaired) electrons. The third kappa shape index (κ3) is 8.22. The van der Waals surface area contributed by atoms with E-state index in [1.807, 2.05) is 19.9 Å². The van der Waals surface area contributed by atoms with Gasteiger partial charge in [0, 0.05) is 6.42 Å². The second-order valence-electron chi connectivity index (χ2n) is 10.0. The van der Waals surface area contributed by atoms with Crippen molar-refractivity contribution in [3.05, 3.63) is 58.6 Å². The molecule has 1 atom stereocenters. The Labute approximate surface area is 199 Å². The third-order valence-electron chi connectivity index (χ3n) is 5.17. The molecule has 0 fully saturated rings. The maximum atomic E-state index is 12.5. The maximum absolute atomic E-state index is 12.5. The maximum Gasteiger partial charge on any atom is 0.572 e. The molecule has 2 rings (SSSR count). The molecule has 0 heterocycles. The van der Waals surface area contributed by atoms with E-state index in [2.05, 4.69) is 4.74 Å². The van der Waals surface area contributed by atoms with Gasteiger partial charge in [0.1, 0.15) is 17.1 Å². The number of hydrogen-bond acceptors (Lipinski definition) is 5. The summed E-state index contributed by atoms with van der Waals surface area (Å²) < 4.78 is 52.3. The highest BCUT2D eigenvalue weighted by atomic mass is 19.4. The average Bonchev–Trinajstić information content (AvgIpc) is 2.67. The van der Waals surface area contributed by atoms with Crippen molar-refractivity contribution < 1.29 is 37.0 Å². The van der Waals surface area contributed by atoms with Gasteiger partial charge in [-0.1, -0.05) is 18.2 Å². The lowest BCUT2D eigenvalue weighted by atomic mass is 9.89. The number of halogens is 3. The van der Waals surface area contributed by atoms with Gasteiger partial charge in [-0.05, 0) is 96.1 Å². The summed E-state index contributed by atoms with van der Waals surface area (Å²) in [6, 6.07) is 0. The van der Waals surface area contributed by atoms with Crippen LogP contribution in [0.1, 0.15) is 67.7 Å². The second kappa shape index (κ2) is 10.2. The number of alkyl halides is 3. The van der Waals surface area contributed by atoms with Crippen LogP contribution in [0.5, 0.6) is 0 Å². The topological polar surface area (TPSA) is 61.8 Å². The summed E-state index contributed by atoms with van der Waals surface area (Å²) in [6.45, 7) is 12.5. The SMILES string of the molecule is CC1=CC(/C=C/C(=O)C2=CC=C(OC(F)(F)F)CC2)CC(C)=C1OC(C)(C)C(=O)OC(C)(C)C. The molecule has 2 aliphatic rings. The van der Waals surface area contributed by atoms with Crippen molar-refractivity contribution in [2.24, 2.45) is 5.92 Å². The van der Waals surface area contributed by atoms with Gasteiger partial charge < -0.3 is 14.2 Å². The molecular weight excluding hydrogens is 449 g/mol. The van der Waals surface area contributed by atoms with Crippen LogP contribution in [-0.2, 0) is 23.8 Å². The van der Waals surface area contributed by atoms with E-state index in [1.54, 1.807) is 40.7 Å². The van der Waals surface area contributed by atoms with Gasteiger partial charge in [0.15, 0.2) is 11.4 Å². The van der Waals surface area contributed by atoms with Gasteiger partial charge in [0.25, 0.3) is 0 Å². The number of carbonyl (C=O) groups is 2. The minimum atomic E-state index is -4.73. The molecule has 0 N–H and O–H groups in total. The van der Waals surface area contributed by atoms with E-state index in [0.29, 0.717) is 17.8 Å². The highest BCUT2D eigenvalue weighted by Gasteiger charge is 2.36. The van der Waals surface area contributed by atoms with Crippen LogP contribution in [0.3, 0.4) is 0 Å². The van der Waals surface area contributed by atoms with Crippen LogP contribution in [-0.4, -0.2) is 29.3 Å². The van der Waals surface area contributed by atoms with Gasteiger partial charge in [0.05, 0.1) is 0 Å². The normalized spacial score (nSPS) is 19.9. The molecule has 1 unspecified atom stereocenters. The standard InChI is InChI=1S/C26H33F3O5/c1-16-14-18(8-13-21(30)19-9-11-20(12-10-19)32-26(27,28)29)15-17(2)22(16)33-25(6,7)23(31)34-24(3,4)5/h8-9,11,13-14,18H,10,12,15H2,1-7H3/b13-8+. The number of ether oxygens (including phenoxy) is 3. The fourth-order valence-corrected chi connectivity index (χ4v) is 3.60. The monoisotopic (exact) mass is 482 g/mol. The largest absolute Gasteiger partial charge is 0.572 e. The summed E-state index contributed by atoms with van der Waals surface area (Å²) in [5.41, 5.74) is 0.409. The van der Waals surface area contributed by atoms with Crippen LogP contribution >= 0.6 is 0 Å². The van der Waals surface area contributed by atoms with Crippen molar-refractivity contribution in [1.29, 1.82) is 0 Å². The van der Waals surface area contributed by atoms with Crippen molar-refractivity contribution >= 4 is 11.8 Å². The summed E-state index contributed by atoms with van der Waals surface area (Å²) >= 11 is 0. The summed E-state index contributed by atoms with van der Waals surface area (Å²) in [4.78, 5) is 25.0. The highest BCUT2D eigenvalue weighted by molar-refractivity contribution is 6.04. The Kier molecular flexibility index (Phi) is 8.27. The molecular formula is C26H33F3O5. The Morgan fingerprint density at radius 3 is 2.15 bits per heavy atom. The quantitative estimate of drug-likeness (QED) is 0.301. The fourth-order valence-electron chi connectivity index (χ4n) is 3.60. The number of hydrogen-bond donors (Lipinski definition) is 0. The summed E-state index contributed by atoms with van der Waals surface area (Å²) in [5, 5.41) is 0. The zero-order chi connectivity index (χ0) is 25.9. The van der Waals surface area contributed by atoms with Crippen LogP contribution in [0.25, 0.3) is 0 Å². The molecule has 0 spiro atoms. The summed E-state index contributed by atoms with van der Waals surface area (Å²) in [5.74, 6) is -0.335. The molecule has 2 aliphatic carbocycles. The van der Waals surface area contributed by atoms with Crippen molar-refractivity contribution in [3.63, 3.8) is 0 Å². The van der Waals surface area contributed by atoms with Gasteiger partial charge in [-0.2, -0.15) is 0 Å². The van der Waals surface area contributed by atoms with Crippen molar-refractivity contribution in [2.45, 2.75) is 85.3 Å². The number of allylic oxidation sites excluding steroid dienone is 9. The summed E-state index contributed by atoms with van der Waals surface area (Å²) in [7, 11) is 0. The lowest BCUT2D eigenvalue weighted by Gasteiger charge is -2.32. The van der Waals surface area contributed by atoms with Gasteiger partial charge in [-0.3, -0.25) is 4.79 Å². The van der Waals surface area contributed by atoms with E-state index in [9.17, 15) is 22.8 Å². The zero-order valence-corrected chi connectivity index (χ0v) is 20.8. The lowest BCUT2D eigenvalue weighted by molar-refractivity contribution is -0.306. The van der Waals surface area contributed by atoms with Crippen molar-refractivity contribution in [1.82, 2.24) is 0 Å². The average molecular weight is 483 g/mol. The van der Waals surface area contributed by atoms with Gasteiger partial charge in [-0.15, -0.1) is 13.2 Å². The van der Waals surface area contributed by atoms with E-state index in [-0.39, 0.29) is 30.3 Å².